The molecule has 3 rings (SSSR count). The standard InChI is InChI=1S/C19H29N3O2/c1-5-6-15-14-9-11-22(18(23)24-19(2,3)4)12-10-16(14)21-17(20-15)13-7-8-13/h13H,5-12H2,1-4H3. The van der Waals surface area contributed by atoms with Crippen molar-refractivity contribution in [3.63, 3.8) is 0 Å². The molecule has 0 atom stereocenters. The number of aryl methyl sites for hydroxylation is 1. The lowest BCUT2D eigenvalue weighted by atomic mass is 10.0. The van der Waals surface area contributed by atoms with E-state index in [2.05, 4.69) is 6.92 Å². The van der Waals surface area contributed by atoms with Gasteiger partial charge in [0.15, 0.2) is 0 Å². The van der Waals surface area contributed by atoms with Crippen molar-refractivity contribution in [1.82, 2.24) is 14.9 Å². The minimum atomic E-state index is -0.456. The summed E-state index contributed by atoms with van der Waals surface area (Å²) in [5.74, 6) is 1.60. The van der Waals surface area contributed by atoms with E-state index in [-0.39, 0.29) is 6.09 Å². The number of rotatable bonds is 3. The first-order chi connectivity index (χ1) is 11.4. The van der Waals surface area contributed by atoms with E-state index in [0.717, 1.165) is 37.2 Å². The number of nitrogens with zero attached hydrogens (tertiary/aromatic N) is 3. The molecule has 1 aromatic heterocycles. The van der Waals surface area contributed by atoms with Gasteiger partial charge in [0.25, 0.3) is 0 Å². The van der Waals surface area contributed by atoms with Crippen molar-refractivity contribution in [2.75, 3.05) is 13.1 Å². The molecular formula is C19H29N3O2. The number of hydrogen-bond donors (Lipinski definition) is 0. The monoisotopic (exact) mass is 331 g/mol. The van der Waals surface area contributed by atoms with Crippen LogP contribution in [-0.4, -0.2) is 39.7 Å². The normalized spacial score (nSPS) is 18.1. The lowest BCUT2D eigenvalue weighted by Gasteiger charge is -2.26. The molecule has 0 aromatic carbocycles. The number of hydrogen-bond acceptors (Lipinski definition) is 4. The molecule has 1 aliphatic heterocycles. The summed E-state index contributed by atoms with van der Waals surface area (Å²) >= 11 is 0. The van der Waals surface area contributed by atoms with Gasteiger partial charge in [0.05, 0.1) is 0 Å². The molecule has 0 N–H and O–H groups in total. The van der Waals surface area contributed by atoms with E-state index in [1.165, 1.54) is 24.1 Å². The number of carbonyl (C=O) groups excluding carboxylic acids is 1. The Kier molecular flexibility index (Phi) is 4.79. The molecule has 1 aromatic rings. The van der Waals surface area contributed by atoms with Gasteiger partial charge in [-0.2, -0.15) is 0 Å². The molecule has 2 heterocycles. The van der Waals surface area contributed by atoms with Gasteiger partial charge in [-0.15, -0.1) is 0 Å². The SMILES string of the molecule is CCCc1nc(C2CC2)nc2c1CCN(C(=O)OC(C)(C)C)CC2. The smallest absolute Gasteiger partial charge is 0.410 e. The molecule has 1 amide bonds. The number of ether oxygens (including phenoxy) is 1. The first-order valence-electron chi connectivity index (χ1n) is 9.24. The minimum absolute atomic E-state index is 0.220. The van der Waals surface area contributed by atoms with Gasteiger partial charge in [-0.25, -0.2) is 14.8 Å². The van der Waals surface area contributed by atoms with Crippen molar-refractivity contribution < 1.29 is 9.53 Å². The Bertz CT molecular complexity index is 618. The topological polar surface area (TPSA) is 55.3 Å². The molecule has 24 heavy (non-hydrogen) atoms. The molecule has 2 aliphatic rings. The van der Waals surface area contributed by atoms with Gasteiger partial charge in [-0.1, -0.05) is 13.3 Å². The Labute approximate surface area is 144 Å². The molecule has 0 bridgehead atoms. The summed E-state index contributed by atoms with van der Waals surface area (Å²) in [6.45, 7) is 9.27. The summed E-state index contributed by atoms with van der Waals surface area (Å²) in [5.41, 5.74) is 3.17. The highest BCUT2D eigenvalue weighted by Crippen LogP contribution is 2.38. The van der Waals surface area contributed by atoms with Crippen LogP contribution in [0.2, 0.25) is 0 Å². The quantitative estimate of drug-likeness (QED) is 0.848. The van der Waals surface area contributed by atoms with E-state index in [0.29, 0.717) is 19.0 Å². The summed E-state index contributed by atoms with van der Waals surface area (Å²) in [4.78, 5) is 23.9. The van der Waals surface area contributed by atoms with Crippen LogP contribution >= 0.6 is 0 Å². The molecule has 5 nitrogen and oxygen atoms in total. The molecule has 132 valence electrons. The Balaban J connectivity index is 1.79. The molecule has 0 radical (unpaired) electrons. The molecule has 1 fully saturated rings. The van der Waals surface area contributed by atoms with E-state index in [4.69, 9.17) is 14.7 Å². The zero-order chi connectivity index (χ0) is 17.3. The summed E-state index contributed by atoms with van der Waals surface area (Å²) in [6.07, 6.45) is 5.92. The lowest BCUT2D eigenvalue weighted by Crippen LogP contribution is -2.38. The number of aromatic nitrogens is 2. The summed E-state index contributed by atoms with van der Waals surface area (Å²) in [6, 6.07) is 0. The van der Waals surface area contributed by atoms with Crippen molar-refractivity contribution in [2.24, 2.45) is 0 Å². The van der Waals surface area contributed by atoms with Gasteiger partial charge in [-0.05, 0) is 52.0 Å². The predicted molar refractivity (Wildman–Crippen MR) is 93.2 cm³/mol. The first-order valence-corrected chi connectivity index (χ1v) is 9.24. The van der Waals surface area contributed by atoms with Gasteiger partial charge in [0.2, 0.25) is 0 Å². The molecule has 0 unspecified atom stereocenters. The van der Waals surface area contributed by atoms with Crippen LogP contribution in [0.5, 0.6) is 0 Å². The maximum Gasteiger partial charge on any atom is 0.410 e. The lowest BCUT2D eigenvalue weighted by molar-refractivity contribution is 0.0258. The zero-order valence-corrected chi connectivity index (χ0v) is 15.4. The van der Waals surface area contributed by atoms with Crippen LogP contribution in [0, 0.1) is 0 Å². The van der Waals surface area contributed by atoms with Gasteiger partial charge >= 0.3 is 6.09 Å². The van der Waals surface area contributed by atoms with Crippen molar-refractivity contribution in [1.29, 1.82) is 0 Å². The maximum absolute atomic E-state index is 12.4. The maximum atomic E-state index is 12.4. The summed E-state index contributed by atoms with van der Waals surface area (Å²) in [7, 11) is 0. The highest BCUT2D eigenvalue weighted by atomic mass is 16.6. The van der Waals surface area contributed by atoms with Gasteiger partial charge in [0.1, 0.15) is 11.4 Å². The molecule has 1 aliphatic carbocycles. The second-order valence-electron chi connectivity index (χ2n) is 7.95. The Morgan fingerprint density at radius 1 is 1.21 bits per heavy atom. The number of carbonyl (C=O) groups is 1. The van der Waals surface area contributed by atoms with Gasteiger partial charge in [-0.3, -0.25) is 0 Å². The van der Waals surface area contributed by atoms with Crippen LogP contribution in [0.3, 0.4) is 0 Å². The van der Waals surface area contributed by atoms with Gasteiger partial charge in [0, 0.05) is 36.8 Å². The van der Waals surface area contributed by atoms with Crippen LogP contribution < -0.4 is 0 Å². The summed E-state index contributed by atoms with van der Waals surface area (Å²) in [5, 5.41) is 0. The van der Waals surface area contributed by atoms with Crippen molar-refractivity contribution in [3.05, 3.63) is 22.8 Å². The van der Waals surface area contributed by atoms with Gasteiger partial charge < -0.3 is 9.64 Å². The second-order valence-corrected chi connectivity index (χ2v) is 7.95. The number of fused-ring (bicyclic) bond motifs is 1. The van der Waals surface area contributed by atoms with Crippen LogP contribution in [0.15, 0.2) is 0 Å². The third-order valence-electron chi connectivity index (χ3n) is 4.53. The first kappa shape index (κ1) is 17.2. The minimum Gasteiger partial charge on any atom is -0.444 e. The van der Waals surface area contributed by atoms with Crippen molar-refractivity contribution in [3.8, 4) is 0 Å². The fourth-order valence-electron chi connectivity index (χ4n) is 3.17. The average Bonchev–Trinajstić information content (AvgIpc) is 3.32. The van der Waals surface area contributed by atoms with Crippen LogP contribution in [0.4, 0.5) is 4.79 Å². The number of amides is 1. The fourth-order valence-corrected chi connectivity index (χ4v) is 3.17. The highest BCUT2D eigenvalue weighted by molar-refractivity contribution is 5.68. The fraction of sp³-hybridized carbons (Fsp3) is 0.737. The highest BCUT2D eigenvalue weighted by Gasteiger charge is 2.30. The van der Waals surface area contributed by atoms with Crippen LogP contribution in [-0.2, 0) is 24.0 Å². The van der Waals surface area contributed by atoms with Crippen molar-refractivity contribution in [2.45, 2.75) is 77.7 Å². The third kappa shape index (κ3) is 4.05. The van der Waals surface area contributed by atoms with Crippen LogP contribution in [0.25, 0.3) is 0 Å². The predicted octanol–water partition coefficient (Wildman–Crippen LogP) is 3.64. The largest absolute Gasteiger partial charge is 0.444 e. The molecule has 1 saturated carbocycles. The molecular weight excluding hydrogens is 302 g/mol. The zero-order valence-electron chi connectivity index (χ0n) is 15.4. The van der Waals surface area contributed by atoms with E-state index < -0.39 is 5.60 Å². The third-order valence-corrected chi connectivity index (χ3v) is 4.53. The van der Waals surface area contributed by atoms with E-state index >= 15 is 0 Å². The van der Waals surface area contributed by atoms with E-state index in [1.54, 1.807) is 0 Å². The average molecular weight is 331 g/mol. The van der Waals surface area contributed by atoms with Crippen LogP contribution in [0.1, 0.15) is 75.7 Å². The molecule has 5 heteroatoms. The van der Waals surface area contributed by atoms with Crippen molar-refractivity contribution >= 4 is 6.09 Å². The Hall–Kier alpha value is -1.65. The Morgan fingerprint density at radius 2 is 1.92 bits per heavy atom. The Morgan fingerprint density at radius 3 is 2.54 bits per heavy atom. The van der Waals surface area contributed by atoms with E-state index in [1.807, 2.05) is 25.7 Å². The molecule has 0 spiro atoms. The molecule has 0 saturated heterocycles. The summed E-state index contributed by atoms with van der Waals surface area (Å²) < 4.78 is 5.53. The van der Waals surface area contributed by atoms with E-state index in [9.17, 15) is 4.79 Å². The second kappa shape index (κ2) is 6.69.